The van der Waals surface area contributed by atoms with Crippen LogP contribution in [0.5, 0.6) is 0 Å². The number of hydrogen-bond donors (Lipinski definition) is 0. The smallest absolute Gasteiger partial charge is 1.00 e. The molecule has 0 heterocycles. The number of hydrogen-bond acceptors (Lipinski definition) is 0. The Hall–Kier alpha value is -0.0969. The van der Waals surface area contributed by atoms with Crippen LogP contribution < -0.4 is 24.8 Å². The molecule has 2 aliphatic rings. The first-order valence-electron chi connectivity index (χ1n) is 7.06. The molecule has 0 fully saturated rings. The first kappa shape index (κ1) is 19.0. The fourth-order valence-corrected chi connectivity index (χ4v) is 4.42. The Kier molecular flexibility index (Phi) is 6.72. The van der Waals surface area contributed by atoms with E-state index in [0.29, 0.717) is 0 Å². The molecule has 21 heavy (non-hydrogen) atoms. The van der Waals surface area contributed by atoms with E-state index in [0.717, 1.165) is 6.42 Å². The predicted octanol–water partition coefficient (Wildman–Crippen LogP) is -1.19. The molecule has 0 bridgehead atoms. The Morgan fingerprint density at radius 1 is 1.19 bits per heavy atom. The van der Waals surface area contributed by atoms with E-state index in [-0.39, 0.29) is 30.2 Å². The van der Waals surface area contributed by atoms with Gasteiger partial charge in [-0.1, -0.05) is 0 Å². The molecule has 109 valence electrons. The van der Waals surface area contributed by atoms with Crippen molar-refractivity contribution in [1.82, 2.24) is 0 Å². The van der Waals surface area contributed by atoms with E-state index in [4.69, 9.17) is 0 Å². The van der Waals surface area contributed by atoms with Gasteiger partial charge in [-0.3, -0.25) is 0 Å². The molecular weight excluding hydrogens is 378 g/mol. The summed E-state index contributed by atoms with van der Waals surface area (Å²) in [6, 6.07) is 8.82. The van der Waals surface area contributed by atoms with Crippen LogP contribution in [0.4, 0.5) is 0 Å². The molecule has 1 aromatic rings. The third-order valence-electron chi connectivity index (χ3n) is 4.71. The third-order valence-corrected chi connectivity index (χ3v) is 5.87. The number of fused-ring (bicyclic) bond motifs is 1. The Morgan fingerprint density at radius 2 is 1.90 bits per heavy atom. The summed E-state index contributed by atoms with van der Waals surface area (Å²) >= 11 is 1.58. The summed E-state index contributed by atoms with van der Waals surface area (Å²) in [4.78, 5) is 0. The molecule has 0 radical (unpaired) electrons. The van der Waals surface area contributed by atoms with Crippen molar-refractivity contribution >= 4 is 6.08 Å². The van der Waals surface area contributed by atoms with E-state index in [2.05, 4.69) is 56.3 Å². The molecule has 1 atom stereocenters. The summed E-state index contributed by atoms with van der Waals surface area (Å²) in [6.45, 7) is 4.76. The topological polar surface area (TPSA) is 0 Å². The molecule has 0 spiro atoms. The van der Waals surface area contributed by atoms with Crippen LogP contribution in [0.25, 0.3) is 6.08 Å². The largest absolute Gasteiger partial charge is 1.00 e. The predicted molar refractivity (Wildman–Crippen MR) is 77.3 cm³/mol. The Balaban J connectivity index is 0.00000110. The maximum atomic E-state index is 2.43. The molecule has 1 aromatic carbocycles. The van der Waals surface area contributed by atoms with Crippen molar-refractivity contribution in [3.63, 3.8) is 0 Å². The maximum absolute atomic E-state index is 2.43. The van der Waals surface area contributed by atoms with Crippen molar-refractivity contribution in [2.45, 2.75) is 33.1 Å². The normalized spacial score (nSPS) is 18.6. The minimum absolute atomic E-state index is 0. The number of benzene rings is 1. The van der Waals surface area contributed by atoms with Crippen LogP contribution in [0.1, 0.15) is 37.8 Å². The molecule has 2 aliphatic carbocycles. The summed E-state index contributed by atoms with van der Waals surface area (Å²) in [5.74, 6) is 0. The zero-order chi connectivity index (χ0) is 13.5. The Morgan fingerprint density at radius 3 is 2.48 bits per heavy atom. The van der Waals surface area contributed by atoms with Crippen molar-refractivity contribution in [3.05, 3.63) is 62.0 Å². The van der Waals surface area contributed by atoms with Gasteiger partial charge in [-0.15, -0.1) is 0 Å². The molecule has 0 aromatic heterocycles. The zero-order valence-corrected chi connectivity index (χ0v) is 16.4. The van der Waals surface area contributed by atoms with Crippen molar-refractivity contribution in [2.75, 3.05) is 0 Å². The molecule has 0 saturated carbocycles. The van der Waals surface area contributed by atoms with E-state index in [9.17, 15) is 0 Å². The van der Waals surface area contributed by atoms with Gasteiger partial charge in [0, 0.05) is 0 Å². The first-order valence-corrected chi connectivity index (χ1v) is 8.29. The van der Waals surface area contributed by atoms with E-state index in [1.807, 2.05) is 0 Å². The SMILES string of the molecule is CCC(C)(C1=Cc2ccccc2C1)C1=[C]([Zr+2])CC=C1.[Cl-].[Cl-]. The molecule has 0 N–H and O–H groups in total. The number of halogens is 2. The summed E-state index contributed by atoms with van der Waals surface area (Å²) < 4.78 is 1.63. The van der Waals surface area contributed by atoms with Gasteiger partial charge in [0.15, 0.2) is 0 Å². The van der Waals surface area contributed by atoms with Gasteiger partial charge in [0.1, 0.15) is 0 Å². The van der Waals surface area contributed by atoms with E-state index >= 15 is 0 Å². The van der Waals surface area contributed by atoms with E-state index < -0.39 is 0 Å². The minimum atomic E-state index is 0. The van der Waals surface area contributed by atoms with Gasteiger partial charge < -0.3 is 24.8 Å². The second-order valence-corrected chi connectivity index (χ2v) is 7.21. The molecular formula is C18H19Cl2Zr. The summed E-state index contributed by atoms with van der Waals surface area (Å²) in [6.07, 6.45) is 10.6. The zero-order valence-electron chi connectivity index (χ0n) is 12.4. The average molecular weight is 397 g/mol. The van der Waals surface area contributed by atoms with Crippen molar-refractivity contribution in [2.24, 2.45) is 5.41 Å². The maximum Gasteiger partial charge on any atom is -1.00 e. The van der Waals surface area contributed by atoms with Crippen LogP contribution in [-0.2, 0) is 31.1 Å². The molecule has 1 unspecified atom stereocenters. The first-order chi connectivity index (χ1) is 9.15. The Bertz CT molecular complexity index is 613. The van der Waals surface area contributed by atoms with Crippen LogP contribution in [0.15, 0.2) is 50.8 Å². The van der Waals surface area contributed by atoms with Crippen molar-refractivity contribution in [3.8, 4) is 0 Å². The van der Waals surface area contributed by atoms with Crippen molar-refractivity contribution in [1.29, 1.82) is 0 Å². The second-order valence-electron chi connectivity index (χ2n) is 5.73. The van der Waals surface area contributed by atoms with Gasteiger partial charge in [-0.2, -0.15) is 0 Å². The molecule has 3 rings (SSSR count). The second kappa shape index (κ2) is 7.45. The molecule has 0 saturated heterocycles. The van der Waals surface area contributed by atoms with E-state index in [1.165, 1.54) is 24.0 Å². The monoisotopic (exact) mass is 395 g/mol. The van der Waals surface area contributed by atoms with E-state index in [1.54, 1.807) is 39.1 Å². The van der Waals surface area contributed by atoms with Crippen LogP contribution in [0.3, 0.4) is 0 Å². The molecule has 0 amide bonds. The Labute approximate surface area is 155 Å². The average Bonchev–Trinajstić information content (AvgIpc) is 3.04. The molecule has 0 aliphatic heterocycles. The summed E-state index contributed by atoms with van der Waals surface area (Å²) in [5, 5.41) is 0. The number of allylic oxidation sites excluding steroid dienone is 5. The fraction of sp³-hybridized carbons (Fsp3) is 0.333. The molecule has 0 nitrogen and oxygen atoms in total. The third kappa shape index (κ3) is 3.31. The summed E-state index contributed by atoms with van der Waals surface area (Å²) in [5.41, 5.74) is 6.32. The van der Waals surface area contributed by atoms with Gasteiger partial charge in [0.25, 0.3) is 0 Å². The van der Waals surface area contributed by atoms with Crippen LogP contribution in [0, 0.1) is 5.41 Å². The van der Waals surface area contributed by atoms with Crippen LogP contribution in [-0.4, -0.2) is 0 Å². The minimum Gasteiger partial charge on any atom is -1.00 e. The number of rotatable bonds is 3. The summed E-state index contributed by atoms with van der Waals surface area (Å²) in [7, 11) is 0. The molecule has 3 heteroatoms. The van der Waals surface area contributed by atoms with Gasteiger partial charge in [0.2, 0.25) is 0 Å². The standard InChI is InChI=1S/C18H19.2ClH.Zr/c1-3-18(2,16-10-6-7-11-16)17-12-14-8-4-5-9-15(14)13-17;;;/h4-6,8-10,12H,3,7,13H2,1-2H3;2*1H;/q;;;+2/p-2. The quantitative estimate of drug-likeness (QED) is 0.602. The van der Waals surface area contributed by atoms with Gasteiger partial charge in [-0.05, 0) is 0 Å². The van der Waals surface area contributed by atoms with Gasteiger partial charge in [-0.25, -0.2) is 0 Å². The van der Waals surface area contributed by atoms with Gasteiger partial charge in [0.05, 0.1) is 0 Å². The van der Waals surface area contributed by atoms with Crippen LogP contribution >= 0.6 is 0 Å². The van der Waals surface area contributed by atoms with Crippen molar-refractivity contribution < 1.29 is 49.5 Å². The van der Waals surface area contributed by atoms with Crippen LogP contribution in [0.2, 0.25) is 0 Å². The van der Waals surface area contributed by atoms with Gasteiger partial charge >= 0.3 is 131 Å². The fourth-order valence-electron chi connectivity index (χ4n) is 3.25.